The summed E-state index contributed by atoms with van der Waals surface area (Å²) in [6.45, 7) is 2.13. The number of benzene rings is 1. The van der Waals surface area contributed by atoms with E-state index in [1.165, 1.54) is 0 Å². The van der Waals surface area contributed by atoms with Crippen LogP contribution in [0.15, 0.2) is 24.3 Å². The van der Waals surface area contributed by atoms with Crippen molar-refractivity contribution in [1.29, 1.82) is 5.26 Å². The number of carbonyl (C=O) groups is 1. The van der Waals surface area contributed by atoms with Crippen molar-refractivity contribution in [3.05, 3.63) is 35.4 Å². The molecule has 4 heteroatoms. The van der Waals surface area contributed by atoms with Gasteiger partial charge in [-0.25, -0.2) is 0 Å². The average molecular weight is 217 g/mol. The summed E-state index contributed by atoms with van der Waals surface area (Å²) in [5.74, 6) is -0.109. The molecule has 1 unspecified atom stereocenters. The molecule has 1 aromatic rings. The van der Waals surface area contributed by atoms with Crippen molar-refractivity contribution >= 4 is 5.91 Å². The van der Waals surface area contributed by atoms with Crippen LogP contribution in [0, 0.1) is 11.3 Å². The maximum Gasteiger partial charge on any atom is 0.239 e. The first-order valence-corrected chi connectivity index (χ1v) is 5.04. The van der Waals surface area contributed by atoms with Gasteiger partial charge in [0.25, 0.3) is 0 Å². The molecule has 1 aromatic carbocycles. The van der Waals surface area contributed by atoms with Gasteiger partial charge < -0.3 is 10.6 Å². The summed E-state index contributed by atoms with van der Waals surface area (Å²) in [6.07, 6.45) is 0. The molecule has 0 aliphatic rings. The van der Waals surface area contributed by atoms with Gasteiger partial charge in [0, 0.05) is 13.6 Å². The van der Waals surface area contributed by atoms with E-state index in [1.54, 1.807) is 37.1 Å². The fourth-order valence-corrected chi connectivity index (χ4v) is 1.44. The van der Waals surface area contributed by atoms with Crippen LogP contribution >= 0.6 is 0 Å². The van der Waals surface area contributed by atoms with Gasteiger partial charge in [-0.1, -0.05) is 12.1 Å². The maximum atomic E-state index is 11.5. The van der Waals surface area contributed by atoms with E-state index < -0.39 is 6.04 Å². The number of nitrogens with two attached hydrogens (primary N) is 1. The summed E-state index contributed by atoms with van der Waals surface area (Å²) < 4.78 is 0. The van der Waals surface area contributed by atoms with Gasteiger partial charge in [0.05, 0.1) is 17.7 Å². The van der Waals surface area contributed by atoms with Gasteiger partial charge in [0.1, 0.15) is 0 Å². The van der Waals surface area contributed by atoms with Crippen LogP contribution in [0.5, 0.6) is 0 Å². The molecule has 4 nitrogen and oxygen atoms in total. The second-order valence-electron chi connectivity index (χ2n) is 3.80. The first-order valence-electron chi connectivity index (χ1n) is 5.04. The van der Waals surface area contributed by atoms with E-state index in [1.807, 2.05) is 6.07 Å². The largest absolute Gasteiger partial charge is 0.340 e. The van der Waals surface area contributed by atoms with Crippen LogP contribution in [0.4, 0.5) is 0 Å². The highest BCUT2D eigenvalue weighted by molar-refractivity contribution is 5.80. The fraction of sp³-hybridized carbons (Fsp3) is 0.333. The summed E-state index contributed by atoms with van der Waals surface area (Å²) in [4.78, 5) is 13.1. The lowest BCUT2D eigenvalue weighted by molar-refractivity contribution is -0.131. The molecule has 0 aliphatic heterocycles. The molecule has 2 N–H and O–H groups in total. The number of rotatable bonds is 3. The number of amides is 1. The molecule has 0 radical (unpaired) electrons. The Hall–Kier alpha value is -1.86. The minimum Gasteiger partial charge on any atom is -0.340 e. The number of nitriles is 1. The van der Waals surface area contributed by atoms with Crippen molar-refractivity contribution in [1.82, 2.24) is 4.90 Å². The summed E-state index contributed by atoms with van der Waals surface area (Å²) in [5.41, 5.74) is 7.03. The molecule has 16 heavy (non-hydrogen) atoms. The van der Waals surface area contributed by atoms with E-state index >= 15 is 0 Å². The average Bonchev–Trinajstić information content (AvgIpc) is 2.28. The van der Waals surface area contributed by atoms with E-state index in [2.05, 4.69) is 6.07 Å². The highest BCUT2D eigenvalue weighted by Gasteiger charge is 2.13. The maximum absolute atomic E-state index is 11.5. The van der Waals surface area contributed by atoms with E-state index in [9.17, 15) is 4.79 Å². The van der Waals surface area contributed by atoms with Crippen LogP contribution in [0.3, 0.4) is 0 Å². The second kappa shape index (κ2) is 5.29. The highest BCUT2D eigenvalue weighted by Crippen LogP contribution is 2.07. The third kappa shape index (κ3) is 3.07. The van der Waals surface area contributed by atoms with Gasteiger partial charge in [0.15, 0.2) is 0 Å². The third-order valence-electron chi connectivity index (χ3n) is 2.24. The van der Waals surface area contributed by atoms with Crippen LogP contribution in [-0.2, 0) is 11.3 Å². The van der Waals surface area contributed by atoms with Gasteiger partial charge in [-0.3, -0.25) is 4.79 Å². The minimum atomic E-state index is -0.496. The lowest BCUT2D eigenvalue weighted by Crippen LogP contribution is -2.39. The van der Waals surface area contributed by atoms with Crippen LogP contribution < -0.4 is 5.73 Å². The molecule has 0 saturated carbocycles. The van der Waals surface area contributed by atoms with Crippen molar-refractivity contribution in [3.8, 4) is 6.07 Å². The lowest BCUT2D eigenvalue weighted by atomic mass is 10.1. The van der Waals surface area contributed by atoms with Crippen molar-refractivity contribution in [3.63, 3.8) is 0 Å². The third-order valence-corrected chi connectivity index (χ3v) is 2.24. The number of likely N-dealkylation sites (N-methyl/N-ethyl adjacent to an activating group) is 1. The Labute approximate surface area is 95.3 Å². The highest BCUT2D eigenvalue weighted by atomic mass is 16.2. The van der Waals surface area contributed by atoms with Gasteiger partial charge in [-0.05, 0) is 24.6 Å². The summed E-state index contributed by atoms with van der Waals surface area (Å²) in [5, 5.41) is 8.74. The predicted octanol–water partition coefficient (Wildman–Crippen LogP) is 0.864. The number of hydrogen-bond acceptors (Lipinski definition) is 3. The molecule has 0 saturated heterocycles. The molecular formula is C12H15N3O. The first kappa shape index (κ1) is 12.2. The Morgan fingerprint density at radius 3 is 2.88 bits per heavy atom. The molecule has 84 valence electrons. The molecule has 1 rings (SSSR count). The molecule has 1 atom stereocenters. The van der Waals surface area contributed by atoms with Crippen molar-refractivity contribution in [2.24, 2.45) is 5.73 Å². The van der Waals surface area contributed by atoms with Crippen LogP contribution in [0.25, 0.3) is 0 Å². The zero-order valence-electron chi connectivity index (χ0n) is 9.47. The van der Waals surface area contributed by atoms with Gasteiger partial charge in [-0.15, -0.1) is 0 Å². The van der Waals surface area contributed by atoms with E-state index in [-0.39, 0.29) is 5.91 Å². The number of nitrogens with zero attached hydrogens (tertiary/aromatic N) is 2. The van der Waals surface area contributed by atoms with E-state index in [0.29, 0.717) is 12.1 Å². The van der Waals surface area contributed by atoms with Crippen molar-refractivity contribution in [2.75, 3.05) is 7.05 Å². The summed E-state index contributed by atoms with van der Waals surface area (Å²) in [6, 6.07) is 8.75. The standard InChI is InChI=1S/C12H15N3O/c1-9(14)12(16)15(2)8-11-5-3-4-10(6-11)7-13/h3-6,9H,8,14H2,1-2H3. The Morgan fingerprint density at radius 2 is 2.31 bits per heavy atom. The van der Waals surface area contributed by atoms with Gasteiger partial charge in [-0.2, -0.15) is 5.26 Å². The summed E-state index contributed by atoms with van der Waals surface area (Å²) in [7, 11) is 1.70. The molecule has 0 heterocycles. The van der Waals surface area contributed by atoms with Crippen molar-refractivity contribution in [2.45, 2.75) is 19.5 Å². The Balaban J connectivity index is 2.74. The quantitative estimate of drug-likeness (QED) is 0.816. The molecule has 1 amide bonds. The number of carbonyl (C=O) groups excluding carboxylic acids is 1. The predicted molar refractivity (Wildman–Crippen MR) is 61.3 cm³/mol. The Bertz CT molecular complexity index is 421. The molecule has 0 aliphatic carbocycles. The van der Waals surface area contributed by atoms with Crippen LogP contribution in [-0.4, -0.2) is 23.9 Å². The van der Waals surface area contributed by atoms with E-state index in [0.717, 1.165) is 5.56 Å². The van der Waals surface area contributed by atoms with Gasteiger partial charge in [0.2, 0.25) is 5.91 Å². The van der Waals surface area contributed by atoms with Crippen molar-refractivity contribution < 1.29 is 4.79 Å². The zero-order valence-corrected chi connectivity index (χ0v) is 9.47. The molecule has 0 aromatic heterocycles. The molecule has 0 spiro atoms. The summed E-state index contributed by atoms with van der Waals surface area (Å²) >= 11 is 0. The van der Waals surface area contributed by atoms with E-state index in [4.69, 9.17) is 11.0 Å². The second-order valence-corrected chi connectivity index (χ2v) is 3.80. The monoisotopic (exact) mass is 217 g/mol. The van der Waals surface area contributed by atoms with Crippen LogP contribution in [0.1, 0.15) is 18.1 Å². The molecule has 0 fully saturated rings. The smallest absolute Gasteiger partial charge is 0.239 e. The topological polar surface area (TPSA) is 70.1 Å². The first-order chi connectivity index (χ1) is 7.54. The Morgan fingerprint density at radius 1 is 1.62 bits per heavy atom. The fourth-order valence-electron chi connectivity index (χ4n) is 1.44. The molecule has 0 bridgehead atoms. The van der Waals surface area contributed by atoms with Gasteiger partial charge >= 0.3 is 0 Å². The minimum absolute atomic E-state index is 0.109. The number of hydrogen-bond donors (Lipinski definition) is 1. The normalized spacial score (nSPS) is 11.6. The molecular weight excluding hydrogens is 202 g/mol. The Kier molecular flexibility index (Phi) is 4.03. The van der Waals surface area contributed by atoms with Crippen LogP contribution in [0.2, 0.25) is 0 Å². The SMILES string of the molecule is CC(N)C(=O)N(C)Cc1cccc(C#N)c1. The lowest BCUT2D eigenvalue weighted by Gasteiger charge is -2.19. The zero-order chi connectivity index (χ0) is 12.1.